The van der Waals surface area contributed by atoms with Crippen molar-refractivity contribution in [1.82, 2.24) is 0 Å². The Morgan fingerprint density at radius 3 is 2.63 bits per heavy atom. The molecule has 2 aromatic rings. The van der Waals surface area contributed by atoms with Crippen molar-refractivity contribution in [3.05, 3.63) is 51.2 Å². The van der Waals surface area contributed by atoms with Crippen molar-refractivity contribution in [2.24, 2.45) is 0 Å². The molecule has 0 bridgehead atoms. The Morgan fingerprint density at radius 1 is 1.17 bits per heavy atom. The van der Waals surface area contributed by atoms with Crippen molar-refractivity contribution < 1.29 is 9.18 Å². The number of aryl methyl sites for hydroxylation is 1. The molecule has 1 aliphatic carbocycles. The summed E-state index contributed by atoms with van der Waals surface area (Å²) in [5, 5.41) is 22.2. The Balaban J connectivity index is 1.56. The number of rotatable bonds is 4. The number of halogens is 1. The zero-order valence-corrected chi connectivity index (χ0v) is 17.3. The molecule has 152 valence electrons. The zero-order valence-electron chi connectivity index (χ0n) is 16.5. The second-order valence-corrected chi connectivity index (χ2v) is 8.66. The third kappa shape index (κ3) is 3.94. The second kappa shape index (κ2) is 8.69. The lowest BCUT2D eigenvalue weighted by Crippen LogP contribution is -2.17. The molecule has 4 rings (SSSR count). The van der Waals surface area contributed by atoms with Crippen LogP contribution in [0.5, 0.6) is 0 Å². The summed E-state index contributed by atoms with van der Waals surface area (Å²) in [6.45, 7) is 1.82. The summed E-state index contributed by atoms with van der Waals surface area (Å²) in [6.07, 6.45) is 7.29. The topological polar surface area (TPSA) is 79.9 Å². The third-order valence-corrected chi connectivity index (χ3v) is 6.84. The summed E-state index contributed by atoms with van der Waals surface area (Å²) in [4.78, 5) is 15.9. The number of hydrogen-bond donors (Lipinski definition) is 1. The molecule has 1 N–H and O–H groups in total. The Bertz CT molecular complexity index is 1100. The minimum absolute atomic E-state index is 0.190. The lowest BCUT2D eigenvalue weighted by molar-refractivity contribution is -0.112. The number of nitriles is 2. The quantitative estimate of drug-likeness (QED) is 0.570. The molecule has 1 fully saturated rings. The van der Waals surface area contributed by atoms with Gasteiger partial charge in [-0.05, 0) is 68.4 Å². The maximum absolute atomic E-state index is 14.6. The monoisotopic (exact) mass is 420 g/mol. The Hall–Kier alpha value is -3.16. The first kappa shape index (κ1) is 20.1. The molecule has 1 aromatic heterocycles. The summed E-state index contributed by atoms with van der Waals surface area (Å²) >= 11 is 1.40. The number of hydrogen-bond acceptors (Lipinski definition) is 5. The predicted molar refractivity (Wildman–Crippen MR) is 116 cm³/mol. The predicted octanol–water partition coefficient (Wildman–Crippen LogP) is 4.78. The summed E-state index contributed by atoms with van der Waals surface area (Å²) in [6, 6.07) is 8.91. The number of amides is 1. The molecule has 0 atom stereocenters. The molecule has 1 aliphatic heterocycles. The van der Waals surface area contributed by atoms with E-state index in [0.29, 0.717) is 10.6 Å². The van der Waals surface area contributed by atoms with Crippen molar-refractivity contribution in [3.8, 4) is 12.1 Å². The highest BCUT2D eigenvalue weighted by Gasteiger charge is 2.23. The maximum Gasteiger partial charge on any atom is 0.266 e. The molecule has 2 heterocycles. The van der Waals surface area contributed by atoms with E-state index in [0.717, 1.165) is 67.7 Å². The molecule has 7 heteroatoms. The van der Waals surface area contributed by atoms with E-state index in [1.165, 1.54) is 23.5 Å². The van der Waals surface area contributed by atoms with Gasteiger partial charge in [0.05, 0.1) is 5.56 Å². The third-order valence-electron chi connectivity index (χ3n) is 5.63. The van der Waals surface area contributed by atoms with E-state index in [2.05, 4.69) is 16.3 Å². The van der Waals surface area contributed by atoms with Gasteiger partial charge in [-0.1, -0.05) is 0 Å². The molecular formula is C23H21FN4OS. The molecule has 0 spiro atoms. The van der Waals surface area contributed by atoms with E-state index in [-0.39, 0.29) is 11.1 Å². The van der Waals surface area contributed by atoms with E-state index in [1.54, 1.807) is 6.07 Å². The molecule has 1 amide bonds. The molecule has 0 unspecified atom stereocenters. The van der Waals surface area contributed by atoms with Crippen molar-refractivity contribution in [3.63, 3.8) is 0 Å². The Morgan fingerprint density at radius 2 is 1.93 bits per heavy atom. The summed E-state index contributed by atoms with van der Waals surface area (Å²) in [7, 11) is 0. The van der Waals surface area contributed by atoms with Gasteiger partial charge in [-0.2, -0.15) is 10.5 Å². The average molecular weight is 421 g/mol. The fourth-order valence-electron chi connectivity index (χ4n) is 4.05. The normalized spacial score (nSPS) is 16.0. The van der Waals surface area contributed by atoms with E-state index in [1.807, 2.05) is 12.1 Å². The van der Waals surface area contributed by atoms with Crippen LogP contribution in [0.25, 0.3) is 6.08 Å². The maximum atomic E-state index is 14.6. The summed E-state index contributed by atoms with van der Waals surface area (Å²) in [5.41, 5.74) is 2.30. The van der Waals surface area contributed by atoms with Crippen LogP contribution in [0, 0.1) is 28.5 Å². The van der Waals surface area contributed by atoms with Gasteiger partial charge in [-0.25, -0.2) is 4.39 Å². The van der Waals surface area contributed by atoms with Crippen LogP contribution < -0.4 is 10.2 Å². The first-order valence-electron chi connectivity index (χ1n) is 10.1. The molecule has 2 aliphatic rings. The van der Waals surface area contributed by atoms with Gasteiger partial charge < -0.3 is 10.2 Å². The largest absolute Gasteiger partial charge is 0.371 e. The SMILES string of the molecule is N#C/C(=C\c1ccc(N2CCCC2)cc1F)C(=O)Nc1sc2c(c1C#N)CCCC2. The number of thiophene rings is 1. The molecule has 5 nitrogen and oxygen atoms in total. The van der Waals surface area contributed by atoms with Crippen molar-refractivity contribution in [1.29, 1.82) is 10.5 Å². The lowest BCUT2D eigenvalue weighted by Gasteiger charge is -2.17. The van der Waals surface area contributed by atoms with Gasteiger partial charge in [0.2, 0.25) is 0 Å². The number of nitrogens with one attached hydrogen (secondary N) is 1. The number of carbonyl (C=O) groups excluding carboxylic acids is 1. The van der Waals surface area contributed by atoms with Crippen molar-refractivity contribution >= 4 is 34.0 Å². The highest BCUT2D eigenvalue weighted by Crippen LogP contribution is 2.37. The number of benzene rings is 1. The summed E-state index contributed by atoms with van der Waals surface area (Å²) in [5.74, 6) is -1.10. The van der Waals surface area contributed by atoms with E-state index >= 15 is 0 Å². The van der Waals surface area contributed by atoms with Crippen LogP contribution in [-0.4, -0.2) is 19.0 Å². The van der Waals surface area contributed by atoms with Gasteiger partial charge in [-0.15, -0.1) is 11.3 Å². The number of nitrogens with zero attached hydrogens (tertiary/aromatic N) is 3. The van der Waals surface area contributed by atoms with Crippen LogP contribution in [0.1, 0.15) is 47.3 Å². The van der Waals surface area contributed by atoms with E-state index < -0.39 is 11.7 Å². The van der Waals surface area contributed by atoms with Crippen LogP contribution in [0.2, 0.25) is 0 Å². The number of carbonyl (C=O) groups is 1. The zero-order chi connectivity index (χ0) is 21.1. The lowest BCUT2D eigenvalue weighted by atomic mass is 9.96. The van der Waals surface area contributed by atoms with Crippen LogP contribution in [0.15, 0.2) is 23.8 Å². The van der Waals surface area contributed by atoms with E-state index in [4.69, 9.17) is 0 Å². The van der Waals surface area contributed by atoms with Crippen LogP contribution in [-0.2, 0) is 17.6 Å². The molecule has 0 saturated carbocycles. The first-order valence-corrected chi connectivity index (χ1v) is 10.9. The van der Waals surface area contributed by atoms with Crippen molar-refractivity contribution in [2.75, 3.05) is 23.3 Å². The van der Waals surface area contributed by atoms with E-state index in [9.17, 15) is 19.7 Å². The van der Waals surface area contributed by atoms with Gasteiger partial charge in [0.1, 0.15) is 28.5 Å². The fourth-order valence-corrected chi connectivity index (χ4v) is 5.29. The molecule has 1 aromatic carbocycles. The number of fused-ring (bicyclic) bond motifs is 1. The highest BCUT2D eigenvalue weighted by molar-refractivity contribution is 7.16. The van der Waals surface area contributed by atoms with Crippen LogP contribution >= 0.6 is 11.3 Å². The Labute approximate surface area is 179 Å². The smallest absolute Gasteiger partial charge is 0.266 e. The second-order valence-electron chi connectivity index (χ2n) is 7.55. The Kier molecular flexibility index (Phi) is 5.83. The average Bonchev–Trinajstić information content (AvgIpc) is 3.40. The van der Waals surface area contributed by atoms with Gasteiger partial charge in [-0.3, -0.25) is 4.79 Å². The van der Waals surface area contributed by atoms with Gasteiger partial charge in [0.15, 0.2) is 0 Å². The van der Waals surface area contributed by atoms with Crippen molar-refractivity contribution in [2.45, 2.75) is 38.5 Å². The molecule has 30 heavy (non-hydrogen) atoms. The van der Waals surface area contributed by atoms with Crippen LogP contribution in [0.4, 0.5) is 15.1 Å². The molecule has 0 radical (unpaired) electrons. The standard InChI is InChI=1S/C23H21FN4OS/c24-20-12-17(28-9-3-4-10-28)8-7-15(20)11-16(13-25)22(29)27-23-19(14-26)18-5-1-2-6-21(18)30-23/h7-8,11-12H,1-6,9-10H2,(H,27,29)/b16-11+. The highest BCUT2D eigenvalue weighted by atomic mass is 32.1. The fraction of sp³-hybridized carbons (Fsp3) is 0.348. The molecular weight excluding hydrogens is 399 g/mol. The van der Waals surface area contributed by atoms with Gasteiger partial charge in [0, 0.05) is 29.2 Å². The van der Waals surface area contributed by atoms with Crippen LogP contribution in [0.3, 0.4) is 0 Å². The first-order chi connectivity index (χ1) is 14.6. The minimum Gasteiger partial charge on any atom is -0.371 e. The van der Waals surface area contributed by atoms with Gasteiger partial charge >= 0.3 is 0 Å². The minimum atomic E-state index is -0.629. The molecule has 1 saturated heterocycles. The summed E-state index contributed by atoms with van der Waals surface area (Å²) < 4.78 is 14.6. The number of anilines is 2. The van der Waals surface area contributed by atoms with Gasteiger partial charge in [0.25, 0.3) is 5.91 Å².